The molecule has 0 bridgehead atoms. The molecule has 2 aromatic heterocycles. The maximum absolute atomic E-state index is 12.8. The van der Waals surface area contributed by atoms with Crippen molar-refractivity contribution in [3.05, 3.63) is 65.8 Å². The number of carbonyl (C=O) groups is 1. The summed E-state index contributed by atoms with van der Waals surface area (Å²) in [5, 5.41) is 0. The predicted molar refractivity (Wildman–Crippen MR) is 107 cm³/mol. The zero-order valence-corrected chi connectivity index (χ0v) is 16.1. The Kier molecular flexibility index (Phi) is 8.00. The Hall–Kier alpha value is -2.49. The number of nitrogens with zero attached hydrogens (tertiary/aromatic N) is 3. The first kappa shape index (κ1) is 19.8. The van der Waals surface area contributed by atoms with Gasteiger partial charge in [-0.15, -0.1) is 0 Å². The number of hydrogen-bond acceptors (Lipinski definition) is 3. The molecule has 1 amide bonds. The Morgan fingerprint density at radius 3 is 2.42 bits per heavy atom. The average Bonchev–Trinajstić information content (AvgIpc) is 2.69. The third-order valence-corrected chi connectivity index (χ3v) is 4.34. The van der Waals surface area contributed by atoms with Crippen LogP contribution in [-0.2, 0) is 6.54 Å². The van der Waals surface area contributed by atoms with E-state index in [0.717, 1.165) is 36.8 Å². The number of carbonyl (C=O) groups excluding carboxylic acids is 1. The van der Waals surface area contributed by atoms with Crippen LogP contribution in [0.3, 0.4) is 0 Å². The highest BCUT2D eigenvalue weighted by atomic mass is 16.2. The minimum atomic E-state index is -0.0366. The first-order chi connectivity index (χ1) is 12.7. The zero-order valence-electron chi connectivity index (χ0n) is 16.1. The zero-order chi connectivity index (χ0) is 18.8. The van der Waals surface area contributed by atoms with Crippen LogP contribution in [0.15, 0.2) is 48.9 Å². The first-order valence-corrected chi connectivity index (χ1v) is 9.53. The fourth-order valence-electron chi connectivity index (χ4n) is 2.86. The maximum atomic E-state index is 12.8. The van der Waals surface area contributed by atoms with Crippen LogP contribution in [0.5, 0.6) is 0 Å². The van der Waals surface area contributed by atoms with Gasteiger partial charge < -0.3 is 4.90 Å². The van der Waals surface area contributed by atoms with Crippen molar-refractivity contribution in [2.24, 2.45) is 0 Å². The van der Waals surface area contributed by atoms with Crippen molar-refractivity contribution in [2.45, 2.75) is 53.0 Å². The van der Waals surface area contributed by atoms with E-state index < -0.39 is 0 Å². The normalized spacial score (nSPS) is 11.4. The van der Waals surface area contributed by atoms with Gasteiger partial charge in [0.1, 0.15) is 5.69 Å². The molecule has 0 N–H and O–H groups in total. The van der Waals surface area contributed by atoms with Crippen LogP contribution in [0.2, 0.25) is 0 Å². The molecule has 0 aromatic carbocycles. The summed E-state index contributed by atoms with van der Waals surface area (Å²) >= 11 is 0. The van der Waals surface area contributed by atoms with Gasteiger partial charge in [-0.3, -0.25) is 14.8 Å². The summed E-state index contributed by atoms with van der Waals surface area (Å²) in [4.78, 5) is 23.1. The van der Waals surface area contributed by atoms with Crippen LogP contribution in [0.25, 0.3) is 5.57 Å². The lowest BCUT2D eigenvalue weighted by Crippen LogP contribution is -2.30. The van der Waals surface area contributed by atoms with E-state index in [-0.39, 0.29) is 5.91 Å². The second kappa shape index (κ2) is 10.5. The summed E-state index contributed by atoms with van der Waals surface area (Å²) in [6.07, 6.45) is 12.0. The molecule has 0 spiro atoms. The van der Waals surface area contributed by atoms with Gasteiger partial charge in [0.15, 0.2) is 0 Å². The quantitative estimate of drug-likeness (QED) is 0.630. The minimum Gasteiger partial charge on any atom is -0.333 e. The summed E-state index contributed by atoms with van der Waals surface area (Å²) in [5.41, 5.74) is 4.01. The summed E-state index contributed by atoms with van der Waals surface area (Å²) < 4.78 is 0. The average molecular weight is 351 g/mol. The molecule has 4 nitrogen and oxygen atoms in total. The number of aromatic nitrogens is 2. The van der Waals surface area contributed by atoms with Gasteiger partial charge in [-0.2, -0.15) is 0 Å². The Labute approximate surface area is 157 Å². The van der Waals surface area contributed by atoms with Crippen molar-refractivity contribution >= 4 is 11.5 Å². The number of allylic oxidation sites excluding steroid dienone is 2. The number of pyridine rings is 2. The molecule has 26 heavy (non-hydrogen) atoms. The van der Waals surface area contributed by atoms with Crippen LogP contribution in [0.4, 0.5) is 0 Å². The molecule has 0 aliphatic carbocycles. The lowest BCUT2D eigenvalue weighted by molar-refractivity contribution is 0.0746. The highest BCUT2D eigenvalue weighted by Gasteiger charge is 2.16. The number of rotatable bonds is 9. The molecule has 0 unspecified atom stereocenters. The molecule has 0 fully saturated rings. The summed E-state index contributed by atoms with van der Waals surface area (Å²) in [6, 6.07) is 7.74. The fraction of sp³-hybridized carbons (Fsp3) is 0.409. The van der Waals surface area contributed by atoms with Gasteiger partial charge >= 0.3 is 0 Å². The van der Waals surface area contributed by atoms with E-state index in [9.17, 15) is 4.79 Å². The van der Waals surface area contributed by atoms with Gasteiger partial charge in [-0.25, -0.2) is 0 Å². The first-order valence-electron chi connectivity index (χ1n) is 9.53. The molecular weight excluding hydrogens is 322 g/mol. The van der Waals surface area contributed by atoms with E-state index in [0.29, 0.717) is 18.8 Å². The molecular formula is C22H29N3O. The van der Waals surface area contributed by atoms with Crippen molar-refractivity contribution in [1.29, 1.82) is 0 Å². The molecule has 4 heteroatoms. The Balaban J connectivity index is 2.13. The number of unbranched alkanes of at least 4 members (excludes halogenated alkanes) is 1. The standard InChI is InChI=1S/C22H29N3O/c1-4-7-9-19(8-5-2)20-10-11-21(24-16-20)22(26)25(6-3)17-18-12-14-23-15-13-18/h9-16H,4-8,17H2,1-3H3/b19-9-. The van der Waals surface area contributed by atoms with Crippen molar-refractivity contribution in [1.82, 2.24) is 14.9 Å². The van der Waals surface area contributed by atoms with Gasteiger partial charge in [0.2, 0.25) is 0 Å². The molecule has 0 atom stereocenters. The maximum Gasteiger partial charge on any atom is 0.272 e. The topological polar surface area (TPSA) is 46.1 Å². The van der Waals surface area contributed by atoms with Crippen molar-refractivity contribution in [3.63, 3.8) is 0 Å². The van der Waals surface area contributed by atoms with E-state index in [2.05, 4.69) is 29.9 Å². The number of hydrogen-bond donors (Lipinski definition) is 0. The van der Waals surface area contributed by atoms with Crippen LogP contribution in [-0.4, -0.2) is 27.3 Å². The van der Waals surface area contributed by atoms with Gasteiger partial charge in [-0.1, -0.05) is 38.8 Å². The SMILES string of the molecule is CCC/C=C(/CCC)c1ccc(C(=O)N(CC)Cc2ccncc2)nc1. The Morgan fingerprint density at radius 2 is 1.85 bits per heavy atom. The van der Waals surface area contributed by atoms with Gasteiger partial charge in [-0.05, 0) is 54.7 Å². The largest absolute Gasteiger partial charge is 0.333 e. The molecule has 0 saturated heterocycles. The monoisotopic (exact) mass is 351 g/mol. The lowest BCUT2D eigenvalue weighted by Gasteiger charge is -2.20. The molecule has 0 radical (unpaired) electrons. The van der Waals surface area contributed by atoms with E-state index in [1.54, 1.807) is 17.3 Å². The van der Waals surface area contributed by atoms with Crippen LogP contribution < -0.4 is 0 Å². The van der Waals surface area contributed by atoms with E-state index in [4.69, 9.17) is 0 Å². The van der Waals surface area contributed by atoms with E-state index >= 15 is 0 Å². The second-order valence-electron chi connectivity index (χ2n) is 6.37. The smallest absolute Gasteiger partial charge is 0.272 e. The predicted octanol–water partition coefficient (Wildman–Crippen LogP) is 5.12. The third-order valence-electron chi connectivity index (χ3n) is 4.34. The Bertz CT molecular complexity index is 708. The van der Waals surface area contributed by atoms with Crippen molar-refractivity contribution < 1.29 is 4.79 Å². The Morgan fingerprint density at radius 1 is 1.08 bits per heavy atom. The molecule has 2 heterocycles. The molecule has 0 saturated carbocycles. The van der Waals surface area contributed by atoms with Gasteiger partial charge in [0, 0.05) is 31.7 Å². The van der Waals surface area contributed by atoms with Crippen molar-refractivity contribution in [3.8, 4) is 0 Å². The molecule has 138 valence electrons. The van der Waals surface area contributed by atoms with Gasteiger partial charge in [0.25, 0.3) is 5.91 Å². The molecule has 2 aromatic rings. The van der Waals surface area contributed by atoms with E-state index in [1.807, 2.05) is 37.4 Å². The molecule has 0 aliphatic rings. The summed E-state index contributed by atoms with van der Waals surface area (Å²) in [7, 11) is 0. The fourth-order valence-corrected chi connectivity index (χ4v) is 2.86. The lowest BCUT2D eigenvalue weighted by atomic mass is 10.0. The summed E-state index contributed by atoms with van der Waals surface area (Å²) in [5.74, 6) is -0.0366. The van der Waals surface area contributed by atoms with Gasteiger partial charge in [0.05, 0.1) is 0 Å². The van der Waals surface area contributed by atoms with Crippen LogP contribution >= 0.6 is 0 Å². The van der Waals surface area contributed by atoms with E-state index in [1.165, 1.54) is 5.57 Å². The highest BCUT2D eigenvalue weighted by molar-refractivity contribution is 5.92. The third kappa shape index (κ3) is 5.51. The molecule has 2 rings (SSSR count). The van der Waals surface area contributed by atoms with Crippen LogP contribution in [0.1, 0.15) is 68.1 Å². The second-order valence-corrected chi connectivity index (χ2v) is 6.37. The summed E-state index contributed by atoms with van der Waals surface area (Å²) in [6.45, 7) is 7.56. The minimum absolute atomic E-state index is 0.0366. The number of amides is 1. The van der Waals surface area contributed by atoms with Crippen LogP contribution in [0, 0.1) is 0 Å². The highest BCUT2D eigenvalue weighted by Crippen LogP contribution is 2.21. The van der Waals surface area contributed by atoms with Crippen molar-refractivity contribution in [2.75, 3.05) is 6.54 Å². The molecule has 0 aliphatic heterocycles.